The van der Waals surface area contributed by atoms with E-state index in [2.05, 4.69) is 31.9 Å². The van der Waals surface area contributed by atoms with Crippen LogP contribution in [0.15, 0.2) is 0 Å². The van der Waals surface area contributed by atoms with Crippen molar-refractivity contribution in [2.45, 2.75) is 120 Å². The van der Waals surface area contributed by atoms with Crippen molar-refractivity contribution in [2.75, 3.05) is 43.9 Å². The van der Waals surface area contributed by atoms with Crippen molar-refractivity contribution in [3.05, 3.63) is 0 Å². The molecule has 2 fully saturated rings. The number of carbonyl (C=O) groups is 5. The van der Waals surface area contributed by atoms with Gasteiger partial charge >= 0.3 is 6.03 Å². The zero-order valence-electron chi connectivity index (χ0n) is 28.3. The van der Waals surface area contributed by atoms with E-state index in [-0.39, 0.29) is 54.0 Å². The Labute approximate surface area is 293 Å². The van der Waals surface area contributed by atoms with Crippen LogP contribution >= 0.6 is 22.6 Å². The number of thioether (sulfide) groups is 1. The number of nitrogens with two attached hydrogens (primary N) is 1. The van der Waals surface area contributed by atoms with Crippen LogP contribution in [-0.2, 0) is 28.0 Å². The first-order chi connectivity index (χ1) is 23.0. The summed E-state index contributed by atoms with van der Waals surface area (Å²) in [6, 6.07) is -0.382. The van der Waals surface area contributed by atoms with Crippen LogP contribution in [0.1, 0.15) is 96.3 Å². The summed E-state index contributed by atoms with van der Waals surface area (Å²) in [7, 11) is -2.44. The highest BCUT2D eigenvalue weighted by molar-refractivity contribution is 8.71. The van der Waals surface area contributed by atoms with Crippen LogP contribution in [0.3, 0.4) is 0 Å². The fourth-order valence-electron chi connectivity index (χ4n) is 5.60. The molecule has 0 spiro atoms. The number of hydrogen-bond donors (Lipinski definition) is 7. The summed E-state index contributed by atoms with van der Waals surface area (Å²) in [6.07, 6.45) is 11.5. The van der Waals surface area contributed by atoms with Crippen LogP contribution in [0.4, 0.5) is 4.79 Å². The third-order valence-electron chi connectivity index (χ3n) is 8.18. The molecule has 0 aromatic rings. The number of carbonyl (C=O) groups excluding carboxylic acids is 5. The minimum Gasteiger partial charge on any atom is -0.356 e. The fourth-order valence-corrected chi connectivity index (χ4v) is 8.79. The molecule has 6 amide bonds. The van der Waals surface area contributed by atoms with E-state index in [0.717, 1.165) is 74.2 Å². The molecule has 0 radical (unpaired) electrons. The molecule has 8 N–H and O–H groups in total. The van der Waals surface area contributed by atoms with Crippen molar-refractivity contribution in [3.63, 3.8) is 0 Å². The van der Waals surface area contributed by atoms with E-state index >= 15 is 0 Å². The van der Waals surface area contributed by atoms with Gasteiger partial charge < -0.3 is 37.6 Å². The zero-order chi connectivity index (χ0) is 35.2. The van der Waals surface area contributed by atoms with Crippen molar-refractivity contribution < 1.29 is 32.4 Å². The van der Waals surface area contributed by atoms with E-state index in [1.807, 2.05) is 11.8 Å². The summed E-state index contributed by atoms with van der Waals surface area (Å²) in [4.78, 5) is 61.0. The van der Waals surface area contributed by atoms with Gasteiger partial charge in [0.15, 0.2) is 8.87 Å². The zero-order valence-corrected chi connectivity index (χ0v) is 30.8. The van der Waals surface area contributed by atoms with E-state index in [4.69, 9.17) is 5.73 Å². The largest absolute Gasteiger partial charge is 0.356 e. The number of hydrogen-bond acceptors (Lipinski definition) is 10. The van der Waals surface area contributed by atoms with Gasteiger partial charge in [-0.3, -0.25) is 19.2 Å². The van der Waals surface area contributed by atoms with Crippen LogP contribution in [0.25, 0.3) is 0 Å². The second-order valence-corrected chi connectivity index (χ2v) is 18.3. The molecule has 48 heavy (non-hydrogen) atoms. The standard InChI is InChI=1S/C31H57N7O7S3/c1-48(44,45)47-21-20-35-30(42)23(36-28(41)16-4-2-9-17-32)12-8-11-19-34-26(39)14-5-3-10-18-33-27(40)15-7-6-13-25-29-24(22-46-25)37-31(43)38-29/h23-25,29H,2-22,32H2,1H3,(H,33,40)(H,34,39)(H,35,42)(H,36,41)(H2,37,38,43)/t23-,24?,25?,29?/m0/s1. The Morgan fingerprint density at radius 2 is 1.46 bits per heavy atom. The van der Waals surface area contributed by atoms with Gasteiger partial charge in [0.25, 0.3) is 0 Å². The highest BCUT2D eigenvalue weighted by Crippen LogP contribution is 2.33. The highest BCUT2D eigenvalue weighted by Gasteiger charge is 2.42. The molecule has 4 atom stereocenters. The van der Waals surface area contributed by atoms with E-state index in [0.29, 0.717) is 69.8 Å². The molecule has 0 bridgehead atoms. The summed E-state index contributed by atoms with van der Waals surface area (Å²) in [5, 5.41) is 17.7. The lowest BCUT2D eigenvalue weighted by Crippen LogP contribution is -2.47. The molecule has 0 aromatic heterocycles. The predicted molar refractivity (Wildman–Crippen MR) is 192 cm³/mol. The average molecular weight is 736 g/mol. The maximum atomic E-state index is 12.7. The first kappa shape index (κ1) is 41.9. The number of unbranched alkanes of at least 4 members (excludes halogenated alkanes) is 6. The molecule has 3 unspecified atom stereocenters. The van der Waals surface area contributed by atoms with E-state index in [9.17, 15) is 32.4 Å². The molecule has 276 valence electrons. The van der Waals surface area contributed by atoms with Gasteiger partial charge in [0.05, 0.1) is 12.1 Å². The van der Waals surface area contributed by atoms with Gasteiger partial charge in [-0.25, -0.2) is 13.2 Å². The van der Waals surface area contributed by atoms with Gasteiger partial charge in [-0.1, -0.05) is 19.3 Å². The SMILES string of the molecule is CS(=O)(=O)SCCNC(=O)[C@H](CCCCNC(=O)CCCCCNC(=O)CCCCC1SCC2NC(=O)NC21)NC(=O)CCCCCN. The number of amides is 6. The lowest BCUT2D eigenvalue weighted by molar-refractivity contribution is -0.129. The van der Waals surface area contributed by atoms with Crippen LogP contribution < -0.4 is 37.6 Å². The molecule has 2 heterocycles. The molecule has 0 saturated carbocycles. The van der Waals surface area contributed by atoms with E-state index < -0.39 is 14.9 Å². The second kappa shape index (κ2) is 24.0. The Morgan fingerprint density at radius 1 is 0.833 bits per heavy atom. The maximum Gasteiger partial charge on any atom is 0.315 e. The van der Waals surface area contributed by atoms with Crippen molar-refractivity contribution in [1.82, 2.24) is 31.9 Å². The van der Waals surface area contributed by atoms with Crippen molar-refractivity contribution in [3.8, 4) is 0 Å². The van der Waals surface area contributed by atoms with Crippen molar-refractivity contribution in [2.24, 2.45) is 5.73 Å². The molecule has 2 rings (SSSR count). The third kappa shape index (κ3) is 19.1. The lowest BCUT2D eigenvalue weighted by Gasteiger charge is -2.18. The average Bonchev–Trinajstić information content (AvgIpc) is 3.59. The minimum absolute atomic E-state index is 0.0396. The predicted octanol–water partition coefficient (Wildman–Crippen LogP) is 1.49. The Hall–Kier alpha value is -2.24. The van der Waals surface area contributed by atoms with Crippen molar-refractivity contribution in [1.29, 1.82) is 0 Å². The second-order valence-electron chi connectivity index (χ2n) is 12.4. The van der Waals surface area contributed by atoms with E-state index in [1.165, 1.54) is 0 Å². The first-order valence-electron chi connectivity index (χ1n) is 17.3. The van der Waals surface area contributed by atoms with Gasteiger partial charge in [0.1, 0.15) is 6.04 Å². The van der Waals surface area contributed by atoms with Crippen LogP contribution in [-0.4, -0.2) is 105 Å². The van der Waals surface area contributed by atoms with Crippen LogP contribution in [0, 0.1) is 0 Å². The molecule has 0 aromatic carbocycles. The number of rotatable bonds is 27. The minimum atomic E-state index is -3.20. The molecular formula is C31H57N7O7S3. The van der Waals surface area contributed by atoms with E-state index in [1.54, 1.807) is 0 Å². The smallest absolute Gasteiger partial charge is 0.315 e. The number of nitrogens with one attached hydrogen (secondary N) is 6. The van der Waals surface area contributed by atoms with Crippen LogP contribution in [0.2, 0.25) is 0 Å². The molecule has 2 saturated heterocycles. The van der Waals surface area contributed by atoms with Crippen molar-refractivity contribution >= 4 is 61.1 Å². The summed E-state index contributed by atoms with van der Waals surface area (Å²) in [5.41, 5.74) is 5.50. The topological polar surface area (TPSA) is 218 Å². The fraction of sp³-hybridized carbons (Fsp3) is 0.839. The molecule has 2 aliphatic rings. The Kier molecular flexibility index (Phi) is 21.0. The molecular weight excluding hydrogens is 679 g/mol. The van der Waals surface area contributed by atoms with Gasteiger partial charge in [-0.05, 0) is 75.1 Å². The third-order valence-corrected chi connectivity index (χ3v) is 12.3. The monoisotopic (exact) mass is 735 g/mol. The highest BCUT2D eigenvalue weighted by atomic mass is 33.1. The van der Waals surface area contributed by atoms with Gasteiger partial charge in [-0.2, -0.15) is 11.8 Å². The number of urea groups is 1. The Balaban J connectivity index is 1.50. The molecule has 2 aliphatic heterocycles. The van der Waals surface area contributed by atoms with Gasteiger partial charge in [-0.15, -0.1) is 0 Å². The summed E-state index contributed by atoms with van der Waals surface area (Å²) < 4.78 is 22.6. The number of fused-ring (bicyclic) bond motifs is 1. The molecule has 17 heteroatoms. The normalized spacial score (nSPS) is 19.1. The van der Waals surface area contributed by atoms with Gasteiger partial charge in [0.2, 0.25) is 23.6 Å². The maximum absolute atomic E-state index is 12.7. The summed E-state index contributed by atoms with van der Waals surface area (Å²) in [5.74, 6) is 0.605. The summed E-state index contributed by atoms with van der Waals surface area (Å²) in [6.45, 7) is 1.80. The Morgan fingerprint density at radius 3 is 2.12 bits per heavy atom. The lowest BCUT2D eigenvalue weighted by atomic mass is 10.0. The molecule has 0 aliphatic carbocycles. The summed E-state index contributed by atoms with van der Waals surface area (Å²) >= 11 is 1.89. The molecule has 14 nitrogen and oxygen atoms in total. The van der Waals surface area contributed by atoms with Crippen LogP contribution in [0.5, 0.6) is 0 Å². The van der Waals surface area contributed by atoms with Gasteiger partial charge in [0, 0.05) is 61.9 Å². The first-order valence-corrected chi connectivity index (χ1v) is 21.8. The quantitative estimate of drug-likeness (QED) is 0.0366. The Bertz CT molecular complexity index is 1130.